The van der Waals surface area contributed by atoms with Crippen molar-refractivity contribution in [2.45, 2.75) is 6.92 Å². The average Bonchev–Trinajstić information content (AvgIpc) is 2.89. The van der Waals surface area contributed by atoms with Gasteiger partial charge in [-0.25, -0.2) is 0 Å². The van der Waals surface area contributed by atoms with Gasteiger partial charge in [-0.2, -0.15) is 0 Å². The number of nitrogens with zero attached hydrogens (tertiary/aromatic N) is 5. The summed E-state index contributed by atoms with van der Waals surface area (Å²) in [6.45, 7) is 3.24. The van der Waals surface area contributed by atoms with E-state index >= 15 is 0 Å². The zero-order valence-electron chi connectivity index (χ0n) is 12.2. The van der Waals surface area contributed by atoms with E-state index in [1.807, 2.05) is 24.0 Å². The molecule has 0 bridgehead atoms. The summed E-state index contributed by atoms with van der Waals surface area (Å²) in [7, 11) is 0. The Kier molecular flexibility index (Phi) is 3.52. The van der Waals surface area contributed by atoms with Crippen LogP contribution >= 0.6 is 35.0 Å². The van der Waals surface area contributed by atoms with Crippen molar-refractivity contribution >= 4 is 40.7 Å². The molecule has 3 heterocycles. The molecule has 0 N–H and O–H groups in total. The van der Waals surface area contributed by atoms with Gasteiger partial charge in [0.15, 0.2) is 5.82 Å². The standard InChI is InChI=1S/C15H12Cl3N5/c1-9-4-12-15(23-8-21(18)7-14(23)20-19-12)22(6-9)13-5-10(16)2-3-11(13)17/h2-5,7H,6,8H2,1H3. The lowest BCUT2D eigenvalue weighted by Gasteiger charge is -2.38. The van der Waals surface area contributed by atoms with Crippen molar-refractivity contribution in [3.63, 3.8) is 0 Å². The summed E-state index contributed by atoms with van der Waals surface area (Å²) in [6, 6.07) is 5.43. The molecule has 0 atom stereocenters. The Balaban J connectivity index is 1.86. The minimum absolute atomic E-state index is 0.496. The highest BCUT2D eigenvalue weighted by atomic mass is 35.5. The maximum Gasteiger partial charge on any atom is 0.175 e. The van der Waals surface area contributed by atoms with E-state index in [1.165, 1.54) is 0 Å². The number of halogens is 3. The van der Waals surface area contributed by atoms with Gasteiger partial charge >= 0.3 is 0 Å². The largest absolute Gasteiger partial charge is 0.320 e. The summed E-state index contributed by atoms with van der Waals surface area (Å²) >= 11 is 18.7. The fourth-order valence-electron chi connectivity index (χ4n) is 2.86. The molecule has 23 heavy (non-hydrogen) atoms. The van der Waals surface area contributed by atoms with Crippen molar-refractivity contribution in [1.29, 1.82) is 0 Å². The third-order valence-corrected chi connectivity index (χ3v) is 4.56. The molecule has 0 saturated heterocycles. The maximum atomic E-state index is 6.41. The van der Waals surface area contributed by atoms with E-state index in [-0.39, 0.29) is 0 Å². The highest BCUT2D eigenvalue weighted by molar-refractivity contribution is 6.35. The van der Waals surface area contributed by atoms with Crippen LogP contribution in [-0.4, -0.2) is 22.5 Å². The second-order valence-corrected chi connectivity index (χ2v) is 6.82. The van der Waals surface area contributed by atoms with E-state index in [0.29, 0.717) is 29.1 Å². The third-order valence-electron chi connectivity index (χ3n) is 3.80. The fourth-order valence-corrected chi connectivity index (χ4v) is 3.44. The molecule has 0 radical (unpaired) electrons. The van der Waals surface area contributed by atoms with Crippen molar-refractivity contribution in [3.05, 3.63) is 63.4 Å². The molecule has 0 aliphatic carbocycles. The highest BCUT2D eigenvalue weighted by Gasteiger charge is 2.35. The third kappa shape index (κ3) is 2.49. The van der Waals surface area contributed by atoms with Gasteiger partial charge in [0, 0.05) is 23.3 Å². The van der Waals surface area contributed by atoms with Crippen LogP contribution in [0, 0.1) is 0 Å². The zero-order chi connectivity index (χ0) is 16.1. The lowest BCUT2D eigenvalue weighted by atomic mass is 10.1. The first-order chi connectivity index (χ1) is 11.0. The van der Waals surface area contributed by atoms with Gasteiger partial charge in [0.05, 0.1) is 16.9 Å². The molecule has 1 aromatic carbocycles. The average molecular weight is 369 g/mol. The summed E-state index contributed by atoms with van der Waals surface area (Å²) in [5, 5.41) is 9.81. The van der Waals surface area contributed by atoms with E-state index in [2.05, 4.69) is 15.1 Å². The number of azo groups is 1. The maximum absolute atomic E-state index is 6.41. The van der Waals surface area contributed by atoms with Gasteiger partial charge in [-0.3, -0.25) is 9.32 Å². The molecule has 3 aliphatic heterocycles. The lowest BCUT2D eigenvalue weighted by Crippen LogP contribution is -2.39. The van der Waals surface area contributed by atoms with Crippen molar-refractivity contribution < 1.29 is 0 Å². The topological polar surface area (TPSA) is 34.4 Å². The Labute approximate surface area is 148 Å². The van der Waals surface area contributed by atoms with Crippen molar-refractivity contribution in [1.82, 2.24) is 9.32 Å². The van der Waals surface area contributed by atoms with Gasteiger partial charge < -0.3 is 4.90 Å². The first-order valence-corrected chi connectivity index (χ1v) is 8.10. The van der Waals surface area contributed by atoms with Crippen LogP contribution in [0.2, 0.25) is 10.0 Å². The molecule has 8 heteroatoms. The van der Waals surface area contributed by atoms with Crippen LogP contribution < -0.4 is 4.90 Å². The van der Waals surface area contributed by atoms with Crippen LogP contribution in [-0.2, 0) is 0 Å². The first-order valence-electron chi connectivity index (χ1n) is 7.00. The molecule has 0 amide bonds. The Hall–Kier alpha value is -1.69. The Morgan fingerprint density at radius 3 is 2.78 bits per heavy atom. The second kappa shape index (κ2) is 5.44. The summed E-state index contributed by atoms with van der Waals surface area (Å²) in [5.74, 6) is 1.61. The molecule has 0 saturated carbocycles. The van der Waals surface area contributed by atoms with E-state index < -0.39 is 0 Å². The SMILES string of the molecule is CC1=CC2=C(N3CN(Cl)C=C3N=N2)N(c2cc(Cl)ccc2Cl)C1. The van der Waals surface area contributed by atoms with E-state index in [0.717, 1.165) is 22.8 Å². The van der Waals surface area contributed by atoms with Gasteiger partial charge in [0.25, 0.3) is 0 Å². The number of fused-ring (bicyclic) bond motifs is 2. The molecule has 1 aromatic rings. The lowest BCUT2D eigenvalue weighted by molar-refractivity contribution is 0.362. The normalized spacial score (nSPS) is 19.7. The summed E-state index contributed by atoms with van der Waals surface area (Å²) in [4.78, 5) is 4.11. The first kappa shape index (κ1) is 14.9. The van der Waals surface area contributed by atoms with Gasteiger partial charge in [0.2, 0.25) is 0 Å². The van der Waals surface area contributed by atoms with E-state index in [1.54, 1.807) is 22.8 Å². The van der Waals surface area contributed by atoms with Crippen LogP contribution in [0.5, 0.6) is 0 Å². The molecule has 4 rings (SSSR count). The number of rotatable bonds is 1. The summed E-state index contributed by atoms with van der Waals surface area (Å²) < 4.78 is 1.55. The number of hydrogen-bond acceptors (Lipinski definition) is 5. The van der Waals surface area contributed by atoms with Crippen LogP contribution in [0.3, 0.4) is 0 Å². The van der Waals surface area contributed by atoms with Crippen molar-refractivity contribution in [2.24, 2.45) is 10.2 Å². The Morgan fingerprint density at radius 2 is 1.96 bits per heavy atom. The molecule has 5 nitrogen and oxygen atoms in total. The minimum atomic E-state index is 0.496. The molecule has 3 aliphatic rings. The van der Waals surface area contributed by atoms with Gasteiger partial charge in [-0.15, -0.1) is 10.2 Å². The molecule has 0 fully saturated rings. The van der Waals surface area contributed by atoms with Crippen LogP contribution in [0.1, 0.15) is 6.92 Å². The van der Waals surface area contributed by atoms with Crippen molar-refractivity contribution in [3.8, 4) is 0 Å². The monoisotopic (exact) mass is 367 g/mol. The molecule has 118 valence electrons. The van der Waals surface area contributed by atoms with Crippen LogP contribution in [0.25, 0.3) is 0 Å². The molecular formula is C15H12Cl3N5. The van der Waals surface area contributed by atoms with E-state index in [9.17, 15) is 0 Å². The quantitative estimate of drug-likeness (QED) is 0.660. The number of hydrogen-bond donors (Lipinski definition) is 0. The van der Waals surface area contributed by atoms with Gasteiger partial charge in [-0.1, -0.05) is 28.8 Å². The van der Waals surface area contributed by atoms with Crippen molar-refractivity contribution in [2.75, 3.05) is 18.1 Å². The fraction of sp³-hybridized carbons (Fsp3) is 0.200. The molecule has 0 spiro atoms. The summed E-state index contributed by atoms with van der Waals surface area (Å²) in [5.41, 5.74) is 2.78. The molecular weight excluding hydrogens is 357 g/mol. The zero-order valence-corrected chi connectivity index (χ0v) is 14.4. The second-order valence-electron chi connectivity index (χ2n) is 5.54. The molecule has 0 aromatic heterocycles. The Morgan fingerprint density at radius 1 is 1.13 bits per heavy atom. The minimum Gasteiger partial charge on any atom is -0.320 e. The number of allylic oxidation sites excluding steroid dienone is 1. The van der Waals surface area contributed by atoms with Crippen LogP contribution in [0.4, 0.5) is 5.69 Å². The number of benzene rings is 1. The predicted octanol–water partition coefficient (Wildman–Crippen LogP) is 4.92. The van der Waals surface area contributed by atoms with Gasteiger partial charge in [-0.05, 0) is 31.2 Å². The van der Waals surface area contributed by atoms with Gasteiger partial charge in [0.1, 0.15) is 18.2 Å². The summed E-state index contributed by atoms with van der Waals surface area (Å²) in [6.07, 6.45) is 3.78. The Bertz CT molecular complexity index is 811. The van der Waals surface area contributed by atoms with Crippen LogP contribution in [0.15, 0.2) is 63.6 Å². The number of anilines is 1. The molecule has 0 unspecified atom stereocenters. The smallest absolute Gasteiger partial charge is 0.175 e. The predicted molar refractivity (Wildman–Crippen MR) is 91.9 cm³/mol. The highest BCUT2D eigenvalue weighted by Crippen LogP contribution is 2.40. The van der Waals surface area contributed by atoms with E-state index in [4.69, 9.17) is 35.0 Å².